The maximum atomic E-state index is 13.7. The fourth-order valence-corrected chi connectivity index (χ4v) is 4.41. The lowest BCUT2D eigenvalue weighted by atomic mass is 10.3. The molecule has 1 amide bonds. The molecule has 148 valence electrons. The Balaban J connectivity index is 1.47. The summed E-state index contributed by atoms with van der Waals surface area (Å²) in [7, 11) is 0. The molecule has 1 N–H and O–H groups in total. The number of rotatable bonds is 4. The van der Waals surface area contributed by atoms with E-state index in [0.717, 1.165) is 35.7 Å². The number of carbonyl (C=O) groups is 1. The fraction of sp³-hybridized carbons (Fsp3) is 0.278. The zero-order chi connectivity index (χ0) is 20.0. The first-order valence-electron chi connectivity index (χ1n) is 9.14. The Bertz CT molecular complexity index is 1290. The van der Waals surface area contributed by atoms with Gasteiger partial charge in [0.05, 0.1) is 5.69 Å². The van der Waals surface area contributed by atoms with Crippen LogP contribution >= 0.6 is 11.3 Å². The largest absolute Gasteiger partial charge is 0.352 e. The first-order chi connectivity index (χ1) is 14.1. The van der Waals surface area contributed by atoms with Crippen molar-refractivity contribution in [3.8, 4) is 0 Å². The summed E-state index contributed by atoms with van der Waals surface area (Å²) < 4.78 is 16.8. The summed E-state index contributed by atoms with van der Waals surface area (Å²) in [4.78, 5) is 35.9. The third-order valence-corrected chi connectivity index (χ3v) is 5.89. The van der Waals surface area contributed by atoms with E-state index in [9.17, 15) is 14.0 Å². The second-order valence-corrected chi connectivity index (χ2v) is 7.73. The van der Waals surface area contributed by atoms with E-state index in [1.54, 1.807) is 6.07 Å². The second kappa shape index (κ2) is 6.92. The van der Waals surface area contributed by atoms with Crippen LogP contribution in [0.25, 0.3) is 16.0 Å². The van der Waals surface area contributed by atoms with E-state index in [0.29, 0.717) is 16.0 Å². The minimum absolute atomic E-state index is 0.0519. The second-order valence-electron chi connectivity index (χ2n) is 6.75. The zero-order valence-corrected chi connectivity index (χ0v) is 16.0. The number of halogens is 1. The molecule has 0 bridgehead atoms. The van der Waals surface area contributed by atoms with Crippen LogP contribution in [0.3, 0.4) is 0 Å². The Hall–Kier alpha value is -3.34. The highest BCUT2D eigenvalue weighted by Gasteiger charge is 2.20. The van der Waals surface area contributed by atoms with Gasteiger partial charge in [-0.25, -0.2) is 23.3 Å². The molecule has 1 saturated heterocycles. The average Bonchev–Trinajstić information content (AvgIpc) is 3.43. The van der Waals surface area contributed by atoms with Crippen molar-refractivity contribution in [2.75, 3.05) is 23.3 Å². The molecule has 4 aromatic rings. The van der Waals surface area contributed by atoms with Crippen LogP contribution in [-0.4, -0.2) is 43.1 Å². The van der Waals surface area contributed by atoms with Crippen molar-refractivity contribution in [3.63, 3.8) is 0 Å². The molecule has 0 aliphatic carbocycles. The van der Waals surface area contributed by atoms with E-state index in [1.807, 2.05) is 0 Å². The number of carbonyl (C=O) groups excluding carboxylic acids is 1. The van der Waals surface area contributed by atoms with Crippen LogP contribution in [0.15, 0.2) is 35.4 Å². The lowest BCUT2D eigenvalue weighted by molar-refractivity contribution is -0.117. The summed E-state index contributed by atoms with van der Waals surface area (Å²) in [5.74, 6) is -1.10. The van der Waals surface area contributed by atoms with Gasteiger partial charge in [0.2, 0.25) is 5.91 Å². The number of aromatic nitrogens is 5. The van der Waals surface area contributed by atoms with Gasteiger partial charge >= 0.3 is 5.69 Å². The highest BCUT2D eigenvalue weighted by Crippen LogP contribution is 2.31. The summed E-state index contributed by atoms with van der Waals surface area (Å²) in [5.41, 5.74) is 0.490. The number of anilines is 2. The zero-order valence-electron chi connectivity index (χ0n) is 15.2. The summed E-state index contributed by atoms with van der Waals surface area (Å²) in [5, 5.41) is 7.62. The number of hydrogen-bond acceptors (Lipinski definition) is 7. The van der Waals surface area contributed by atoms with Crippen LogP contribution < -0.4 is 15.9 Å². The van der Waals surface area contributed by atoms with Crippen LogP contribution in [0.1, 0.15) is 12.8 Å². The Morgan fingerprint density at radius 3 is 2.83 bits per heavy atom. The normalized spacial score (nSPS) is 14.2. The molecule has 1 aromatic carbocycles. The van der Waals surface area contributed by atoms with Crippen LogP contribution in [-0.2, 0) is 11.3 Å². The Kier molecular flexibility index (Phi) is 4.23. The maximum Gasteiger partial charge on any atom is 0.352 e. The van der Waals surface area contributed by atoms with Gasteiger partial charge in [-0.1, -0.05) is 23.5 Å². The van der Waals surface area contributed by atoms with Crippen molar-refractivity contribution in [2.45, 2.75) is 19.4 Å². The third-order valence-electron chi connectivity index (χ3n) is 4.78. The smallest absolute Gasteiger partial charge is 0.348 e. The maximum absolute atomic E-state index is 13.7. The first kappa shape index (κ1) is 17.7. The van der Waals surface area contributed by atoms with E-state index in [-0.39, 0.29) is 12.2 Å². The van der Waals surface area contributed by atoms with Gasteiger partial charge in [-0.15, -0.1) is 5.10 Å². The predicted octanol–water partition coefficient (Wildman–Crippen LogP) is 1.88. The minimum Gasteiger partial charge on any atom is -0.348 e. The lowest BCUT2D eigenvalue weighted by Gasteiger charge is -2.11. The van der Waals surface area contributed by atoms with Gasteiger partial charge in [0, 0.05) is 13.1 Å². The lowest BCUT2D eigenvalue weighted by Crippen LogP contribution is -2.28. The molecule has 0 unspecified atom stereocenters. The molecule has 3 aromatic heterocycles. The van der Waals surface area contributed by atoms with Crippen LogP contribution in [0, 0.1) is 5.82 Å². The fourth-order valence-electron chi connectivity index (χ4n) is 3.36. The molecule has 1 aliphatic heterocycles. The molecular weight excluding hydrogens is 397 g/mol. The topological polar surface area (TPSA) is 97.4 Å². The van der Waals surface area contributed by atoms with Crippen molar-refractivity contribution in [2.24, 2.45) is 0 Å². The van der Waals surface area contributed by atoms with Crippen LogP contribution in [0.4, 0.5) is 15.2 Å². The molecule has 0 spiro atoms. The van der Waals surface area contributed by atoms with Gasteiger partial charge in [0.1, 0.15) is 23.4 Å². The Morgan fingerprint density at radius 1 is 1.24 bits per heavy atom. The van der Waals surface area contributed by atoms with Gasteiger partial charge in [-0.05, 0) is 25.0 Å². The van der Waals surface area contributed by atoms with Crippen molar-refractivity contribution < 1.29 is 9.18 Å². The van der Waals surface area contributed by atoms with E-state index >= 15 is 0 Å². The van der Waals surface area contributed by atoms with Gasteiger partial charge < -0.3 is 10.2 Å². The number of hydrogen-bond donors (Lipinski definition) is 1. The highest BCUT2D eigenvalue weighted by atomic mass is 32.1. The number of fused-ring (bicyclic) bond motifs is 3. The average molecular weight is 413 g/mol. The van der Waals surface area contributed by atoms with E-state index in [4.69, 9.17) is 0 Å². The molecular formula is C18H16FN7O2S. The molecule has 1 fully saturated rings. The van der Waals surface area contributed by atoms with Crippen LogP contribution in [0.2, 0.25) is 0 Å². The monoisotopic (exact) mass is 413 g/mol. The molecule has 5 rings (SSSR count). The standard InChI is InChI=1S/C18H16FN7O2S/c19-11-5-1-2-6-12(11)21-13(27)9-26-18(28)25-10-20-15-14(16(25)23-26)29-17(22-15)24-7-3-4-8-24/h1-2,5-6,10H,3-4,7-9H2,(H,21,27). The van der Waals surface area contributed by atoms with Crippen molar-refractivity contribution in [1.29, 1.82) is 0 Å². The molecule has 0 atom stereocenters. The predicted molar refractivity (Wildman–Crippen MR) is 107 cm³/mol. The Labute approximate surface area is 167 Å². The summed E-state index contributed by atoms with van der Waals surface area (Å²) in [6.07, 6.45) is 3.62. The molecule has 11 heteroatoms. The molecule has 29 heavy (non-hydrogen) atoms. The van der Waals surface area contributed by atoms with Gasteiger partial charge in [-0.3, -0.25) is 4.79 Å². The summed E-state index contributed by atoms with van der Waals surface area (Å²) in [6.45, 7) is 1.56. The number of benzene rings is 1. The summed E-state index contributed by atoms with van der Waals surface area (Å²) >= 11 is 1.44. The summed E-state index contributed by atoms with van der Waals surface area (Å²) in [6, 6.07) is 5.84. The molecule has 4 heterocycles. The molecule has 0 radical (unpaired) electrons. The van der Waals surface area contributed by atoms with Gasteiger partial charge in [-0.2, -0.15) is 4.98 Å². The third kappa shape index (κ3) is 3.12. The molecule has 9 nitrogen and oxygen atoms in total. The van der Waals surface area contributed by atoms with E-state index < -0.39 is 17.4 Å². The van der Waals surface area contributed by atoms with Crippen LogP contribution in [0.5, 0.6) is 0 Å². The number of nitrogens with zero attached hydrogens (tertiary/aromatic N) is 6. The Morgan fingerprint density at radius 2 is 2.03 bits per heavy atom. The quantitative estimate of drug-likeness (QED) is 0.549. The SMILES string of the molecule is O=C(Cn1nc2c3sc(N4CCCC4)nc3ncn2c1=O)Nc1ccccc1F. The number of amides is 1. The number of nitrogens with one attached hydrogen (secondary N) is 1. The van der Waals surface area contributed by atoms with E-state index in [1.165, 1.54) is 40.3 Å². The molecule has 1 aliphatic rings. The molecule has 0 saturated carbocycles. The minimum atomic E-state index is -0.549. The van der Waals surface area contributed by atoms with Gasteiger partial charge in [0.25, 0.3) is 0 Å². The van der Waals surface area contributed by atoms with Crippen molar-refractivity contribution in [1.82, 2.24) is 24.1 Å². The highest BCUT2D eigenvalue weighted by molar-refractivity contribution is 7.22. The number of thiazole rings is 1. The first-order valence-corrected chi connectivity index (χ1v) is 9.96. The van der Waals surface area contributed by atoms with E-state index in [2.05, 4.69) is 25.3 Å². The number of para-hydroxylation sites is 1. The van der Waals surface area contributed by atoms with Gasteiger partial charge in [0.15, 0.2) is 16.4 Å². The van der Waals surface area contributed by atoms with Crippen molar-refractivity contribution in [3.05, 3.63) is 46.9 Å². The van der Waals surface area contributed by atoms with Crippen molar-refractivity contribution >= 4 is 44.1 Å².